The first-order valence-electron chi connectivity index (χ1n) is 5.59. The quantitative estimate of drug-likeness (QED) is 0.638. The van der Waals surface area contributed by atoms with E-state index in [9.17, 15) is 0 Å². The molecule has 0 nitrogen and oxygen atoms in total. The second-order valence-corrected chi connectivity index (χ2v) is 18.4. The fraction of sp³-hybridized carbons (Fsp3) is 1.00. The van der Waals surface area contributed by atoms with Crippen LogP contribution in [0.1, 0.15) is 51.4 Å². The third-order valence-corrected chi connectivity index (χ3v) is 17.2. The van der Waals surface area contributed by atoms with Crippen LogP contribution in [-0.2, 0) is 0 Å². The first-order valence-corrected chi connectivity index (χ1v) is 13.5. The molecule has 0 aromatic carbocycles. The molecule has 0 aromatic rings. The molecule has 0 N–H and O–H groups in total. The number of halogens is 2. The molecule has 0 bridgehead atoms. The minimum absolute atomic E-state index is 0.770. The molecule has 2 saturated carbocycles. The van der Waals surface area contributed by atoms with Crippen molar-refractivity contribution in [2.75, 3.05) is 0 Å². The molecule has 0 aromatic heterocycles. The molecule has 2 fully saturated rings. The molecule has 0 unspecified atom stereocenters. The molecule has 2 aliphatic carbocycles. The third-order valence-electron chi connectivity index (χ3n) is 3.80. The van der Waals surface area contributed by atoms with Crippen molar-refractivity contribution >= 4 is 31.4 Å². The molecule has 2 aliphatic rings. The Kier molecular flexibility index (Phi) is 3.54. The Hall–Kier alpha value is 1.12. The van der Waals surface area contributed by atoms with Crippen molar-refractivity contribution in [3.8, 4) is 0 Å². The fourth-order valence-corrected chi connectivity index (χ4v) is 13.8. The van der Waals surface area contributed by atoms with E-state index in [2.05, 4.69) is 0 Å². The van der Waals surface area contributed by atoms with Gasteiger partial charge in [-0.25, -0.2) is 0 Å². The molecule has 0 aliphatic heterocycles. The summed E-state index contributed by atoms with van der Waals surface area (Å²) in [5, 5.41) is 0. The first-order chi connectivity index (χ1) is 6.21. The van der Waals surface area contributed by atoms with Crippen molar-refractivity contribution in [1.29, 1.82) is 0 Å². The van der Waals surface area contributed by atoms with Crippen molar-refractivity contribution in [3.63, 3.8) is 0 Å². The van der Waals surface area contributed by atoms with Crippen LogP contribution in [0.5, 0.6) is 0 Å². The zero-order chi connectivity index (χ0) is 9.31. The van der Waals surface area contributed by atoms with Gasteiger partial charge in [-0.3, -0.25) is 0 Å². The van der Waals surface area contributed by atoms with E-state index in [1.165, 1.54) is 51.4 Å². The second-order valence-electron chi connectivity index (χ2n) is 4.64. The number of rotatable bonds is 2. The van der Waals surface area contributed by atoms with E-state index >= 15 is 0 Å². The van der Waals surface area contributed by atoms with Crippen LogP contribution in [0.15, 0.2) is 0 Å². The monoisotopic (exact) mass is 282 g/mol. The Morgan fingerprint density at radius 1 is 0.692 bits per heavy atom. The summed E-state index contributed by atoms with van der Waals surface area (Å²) >= 11 is -2.42. The van der Waals surface area contributed by atoms with Crippen molar-refractivity contribution in [2.24, 2.45) is 0 Å². The van der Waals surface area contributed by atoms with E-state index < -0.39 is 11.4 Å². The molecular formula is C10H18Cl2Ge. The molecule has 13 heavy (non-hydrogen) atoms. The summed E-state index contributed by atoms with van der Waals surface area (Å²) in [7, 11) is 13.4. The number of hydrogen-bond donors (Lipinski definition) is 0. The van der Waals surface area contributed by atoms with Crippen LogP contribution < -0.4 is 0 Å². The van der Waals surface area contributed by atoms with Gasteiger partial charge in [-0.2, -0.15) is 0 Å². The van der Waals surface area contributed by atoms with Crippen molar-refractivity contribution in [3.05, 3.63) is 0 Å². The van der Waals surface area contributed by atoms with Crippen LogP contribution in [0.25, 0.3) is 0 Å². The third kappa shape index (κ3) is 2.21. The van der Waals surface area contributed by atoms with Crippen LogP contribution in [0.4, 0.5) is 0 Å². The Balaban J connectivity index is 1.99. The van der Waals surface area contributed by atoms with E-state index in [0.29, 0.717) is 0 Å². The van der Waals surface area contributed by atoms with Crippen LogP contribution in [0, 0.1) is 0 Å². The summed E-state index contributed by atoms with van der Waals surface area (Å²) in [6.07, 6.45) is 10.9. The van der Waals surface area contributed by atoms with Crippen LogP contribution >= 0.6 is 20.0 Å². The van der Waals surface area contributed by atoms with Crippen molar-refractivity contribution in [1.82, 2.24) is 0 Å². The summed E-state index contributed by atoms with van der Waals surface area (Å²) in [5.74, 6) is 0. The topological polar surface area (TPSA) is 0 Å². The molecule has 76 valence electrons. The summed E-state index contributed by atoms with van der Waals surface area (Å²) in [6.45, 7) is 0. The number of hydrogen-bond acceptors (Lipinski definition) is 0. The van der Waals surface area contributed by atoms with Crippen LogP contribution in [0.3, 0.4) is 0 Å². The summed E-state index contributed by atoms with van der Waals surface area (Å²) in [5.41, 5.74) is 0. The predicted octanol–water partition coefficient (Wildman–Crippen LogP) is 4.79. The van der Waals surface area contributed by atoms with E-state index in [4.69, 9.17) is 20.0 Å². The van der Waals surface area contributed by atoms with E-state index in [1.54, 1.807) is 0 Å². The Morgan fingerprint density at radius 3 is 1.31 bits per heavy atom. The van der Waals surface area contributed by atoms with E-state index in [-0.39, 0.29) is 0 Å². The van der Waals surface area contributed by atoms with Gasteiger partial charge < -0.3 is 0 Å². The summed E-state index contributed by atoms with van der Waals surface area (Å²) in [4.78, 5) is 0. The molecule has 0 saturated heterocycles. The van der Waals surface area contributed by atoms with Gasteiger partial charge in [-0.1, -0.05) is 0 Å². The SMILES string of the molecule is [Cl][Ge]([Cl])([CH]1CCCC1)[CH]1CCCC1. The molecule has 0 amide bonds. The average Bonchev–Trinajstić information content (AvgIpc) is 2.78. The zero-order valence-electron chi connectivity index (χ0n) is 8.07. The van der Waals surface area contributed by atoms with E-state index in [1.807, 2.05) is 0 Å². The maximum atomic E-state index is 6.70. The van der Waals surface area contributed by atoms with Gasteiger partial charge >= 0.3 is 92.3 Å². The molecule has 0 radical (unpaired) electrons. The maximum absolute atomic E-state index is 6.70. The second kappa shape index (κ2) is 4.32. The average molecular weight is 282 g/mol. The summed E-state index contributed by atoms with van der Waals surface area (Å²) in [6, 6.07) is 0. The van der Waals surface area contributed by atoms with E-state index in [0.717, 1.165) is 9.50 Å². The molecule has 3 heteroatoms. The van der Waals surface area contributed by atoms with Gasteiger partial charge in [0.2, 0.25) is 0 Å². The van der Waals surface area contributed by atoms with Gasteiger partial charge in [0.1, 0.15) is 0 Å². The molecule has 0 heterocycles. The van der Waals surface area contributed by atoms with Gasteiger partial charge in [0.15, 0.2) is 0 Å². The Bertz CT molecular complexity index is 152. The van der Waals surface area contributed by atoms with Crippen molar-refractivity contribution in [2.45, 2.75) is 60.9 Å². The van der Waals surface area contributed by atoms with Crippen molar-refractivity contribution < 1.29 is 0 Å². The molecule has 0 atom stereocenters. The van der Waals surface area contributed by atoms with Gasteiger partial charge in [-0.05, 0) is 0 Å². The molecular weight excluding hydrogens is 264 g/mol. The Morgan fingerprint density at radius 2 is 1.00 bits per heavy atom. The van der Waals surface area contributed by atoms with Gasteiger partial charge in [0, 0.05) is 0 Å². The summed E-state index contributed by atoms with van der Waals surface area (Å²) < 4.78 is 1.54. The standard InChI is InChI=1S/C10H18Cl2Ge/c11-13(12,9-5-1-2-6-9)10-7-3-4-8-10/h9-10H,1-8H2. The molecule has 2 rings (SSSR count). The minimum atomic E-state index is -2.42. The normalized spacial score (nSPS) is 27.2. The Labute approximate surface area is 92.1 Å². The van der Waals surface area contributed by atoms with Crippen LogP contribution in [0.2, 0.25) is 9.50 Å². The first kappa shape index (κ1) is 10.6. The zero-order valence-corrected chi connectivity index (χ0v) is 11.7. The van der Waals surface area contributed by atoms with Gasteiger partial charge in [-0.15, -0.1) is 0 Å². The van der Waals surface area contributed by atoms with Gasteiger partial charge in [0.25, 0.3) is 0 Å². The predicted molar refractivity (Wildman–Crippen MR) is 61.9 cm³/mol. The molecule has 0 spiro atoms. The fourth-order valence-electron chi connectivity index (χ4n) is 2.95. The van der Waals surface area contributed by atoms with Gasteiger partial charge in [0.05, 0.1) is 0 Å². The van der Waals surface area contributed by atoms with Crippen LogP contribution in [-0.4, -0.2) is 11.4 Å².